The smallest absolute Gasteiger partial charge is 0.231 e. The number of rotatable bonds is 6. The number of aromatic amines is 1. The maximum absolute atomic E-state index is 12.2. The second kappa shape index (κ2) is 7.43. The van der Waals surface area contributed by atoms with Crippen molar-refractivity contribution in [2.45, 2.75) is 6.42 Å². The molecule has 0 saturated heterocycles. The normalized spacial score (nSPS) is 10.3. The van der Waals surface area contributed by atoms with Crippen LogP contribution in [0.1, 0.15) is 5.56 Å². The molecule has 0 radical (unpaired) electrons. The van der Waals surface area contributed by atoms with Crippen molar-refractivity contribution in [3.63, 3.8) is 0 Å². The summed E-state index contributed by atoms with van der Waals surface area (Å²) in [6.07, 6.45) is 3.48. The van der Waals surface area contributed by atoms with Crippen LogP contribution in [0.4, 0.5) is 5.95 Å². The standard InChI is InChI=1S/C17H17N5O3/c1-24-13-4-3-11(9-14(13)25-2)10-15(23)19-17-20-16(21-22-17)12-5-7-18-8-6-12/h3-9H,10H2,1-2H3,(H2,19,20,21,22,23). The van der Waals surface area contributed by atoms with E-state index in [0.29, 0.717) is 17.3 Å². The van der Waals surface area contributed by atoms with Crippen LogP contribution >= 0.6 is 0 Å². The zero-order valence-corrected chi connectivity index (χ0v) is 13.8. The Balaban J connectivity index is 1.66. The fourth-order valence-electron chi connectivity index (χ4n) is 2.30. The second-order valence-corrected chi connectivity index (χ2v) is 5.16. The van der Waals surface area contributed by atoms with Gasteiger partial charge in [-0.05, 0) is 29.8 Å². The first-order chi connectivity index (χ1) is 12.2. The average Bonchev–Trinajstić information content (AvgIpc) is 3.10. The van der Waals surface area contributed by atoms with E-state index in [9.17, 15) is 4.79 Å². The van der Waals surface area contributed by atoms with Crippen molar-refractivity contribution in [2.24, 2.45) is 0 Å². The zero-order valence-electron chi connectivity index (χ0n) is 13.8. The summed E-state index contributed by atoms with van der Waals surface area (Å²) < 4.78 is 10.4. The molecule has 0 fully saturated rings. The number of pyridine rings is 1. The van der Waals surface area contributed by atoms with Crippen LogP contribution in [0.5, 0.6) is 11.5 Å². The quantitative estimate of drug-likeness (QED) is 0.713. The highest BCUT2D eigenvalue weighted by molar-refractivity contribution is 5.90. The van der Waals surface area contributed by atoms with Crippen molar-refractivity contribution in [1.29, 1.82) is 0 Å². The summed E-state index contributed by atoms with van der Waals surface area (Å²) >= 11 is 0. The molecule has 8 heteroatoms. The third-order valence-electron chi connectivity index (χ3n) is 3.49. The number of hydrogen-bond acceptors (Lipinski definition) is 6. The molecule has 2 aromatic heterocycles. The Labute approximate surface area is 144 Å². The predicted octanol–water partition coefficient (Wildman–Crippen LogP) is 2.07. The molecule has 0 bridgehead atoms. The summed E-state index contributed by atoms with van der Waals surface area (Å²) in [5.41, 5.74) is 1.61. The van der Waals surface area contributed by atoms with E-state index in [4.69, 9.17) is 9.47 Å². The molecule has 1 amide bonds. The van der Waals surface area contributed by atoms with Crippen LogP contribution in [0.25, 0.3) is 11.4 Å². The number of nitrogens with zero attached hydrogens (tertiary/aromatic N) is 3. The largest absolute Gasteiger partial charge is 0.493 e. The van der Waals surface area contributed by atoms with Gasteiger partial charge in [0.25, 0.3) is 0 Å². The molecule has 0 aliphatic rings. The Hall–Kier alpha value is -3.42. The van der Waals surface area contributed by atoms with E-state index >= 15 is 0 Å². The first kappa shape index (κ1) is 16.4. The maximum atomic E-state index is 12.2. The molecule has 8 nitrogen and oxygen atoms in total. The SMILES string of the molecule is COc1ccc(CC(=O)Nc2nc(-c3ccncc3)n[nH]2)cc1OC. The minimum absolute atomic E-state index is 0.172. The molecule has 3 aromatic rings. The van der Waals surface area contributed by atoms with Crippen molar-refractivity contribution in [3.05, 3.63) is 48.3 Å². The average molecular weight is 339 g/mol. The van der Waals surface area contributed by atoms with Crippen LogP contribution in [0.15, 0.2) is 42.7 Å². The van der Waals surface area contributed by atoms with Crippen LogP contribution in [-0.2, 0) is 11.2 Å². The minimum Gasteiger partial charge on any atom is -0.493 e. The van der Waals surface area contributed by atoms with Gasteiger partial charge in [0, 0.05) is 18.0 Å². The van der Waals surface area contributed by atoms with Gasteiger partial charge in [0.15, 0.2) is 17.3 Å². The lowest BCUT2D eigenvalue weighted by Gasteiger charge is -2.09. The van der Waals surface area contributed by atoms with Gasteiger partial charge in [0.2, 0.25) is 11.9 Å². The Morgan fingerprint density at radius 2 is 1.88 bits per heavy atom. The Morgan fingerprint density at radius 3 is 2.60 bits per heavy atom. The number of hydrogen-bond donors (Lipinski definition) is 2. The number of anilines is 1. The highest BCUT2D eigenvalue weighted by Crippen LogP contribution is 2.27. The second-order valence-electron chi connectivity index (χ2n) is 5.16. The highest BCUT2D eigenvalue weighted by atomic mass is 16.5. The van der Waals surface area contributed by atoms with E-state index in [0.717, 1.165) is 11.1 Å². The van der Waals surface area contributed by atoms with Crippen molar-refractivity contribution in [3.8, 4) is 22.9 Å². The highest BCUT2D eigenvalue weighted by Gasteiger charge is 2.11. The molecule has 25 heavy (non-hydrogen) atoms. The molecule has 0 atom stereocenters. The molecule has 0 unspecified atom stereocenters. The maximum Gasteiger partial charge on any atom is 0.231 e. The summed E-state index contributed by atoms with van der Waals surface area (Å²) in [5, 5.41) is 9.48. The van der Waals surface area contributed by atoms with Crippen molar-refractivity contribution < 1.29 is 14.3 Å². The number of H-pyrrole nitrogens is 1. The summed E-state index contributed by atoms with van der Waals surface area (Å²) in [5.74, 6) is 1.75. The van der Waals surface area contributed by atoms with Gasteiger partial charge in [-0.1, -0.05) is 6.07 Å². The van der Waals surface area contributed by atoms with E-state index in [1.807, 2.05) is 6.07 Å². The van der Waals surface area contributed by atoms with Gasteiger partial charge in [0.1, 0.15) is 0 Å². The van der Waals surface area contributed by atoms with Crippen LogP contribution in [0.2, 0.25) is 0 Å². The molecule has 0 aliphatic heterocycles. The van der Waals surface area contributed by atoms with E-state index < -0.39 is 0 Å². The van der Waals surface area contributed by atoms with Crippen LogP contribution < -0.4 is 14.8 Å². The van der Waals surface area contributed by atoms with Crippen molar-refractivity contribution >= 4 is 11.9 Å². The molecule has 128 valence electrons. The van der Waals surface area contributed by atoms with Crippen LogP contribution in [0.3, 0.4) is 0 Å². The predicted molar refractivity (Wildman–Crippen MR) is 91.5 cm³/mol. The van der Waals surface area contributed by atoms with Gasteiger partial charge in [0.05, 0.1) is 20.6 Å². The van der Waals surface area contributed by atoms with Crippen LogP contribution in [-0.4, -0.2) is 40.3 Å². The molecule has 1 aromatic carbocycles. The summed E-state index contributed by atoms with van der Waals surface area (Å²) in [6, 6.07) is 8.92. The molecule has 2 N–H and O–H groups in total. The molecular formula is C17H17N5O3. The van der Waals surface area contributed by atoms with E-state index in [1.165, 1.54) is 0 Å². The first-order valence-corrected chi connectivity index (χ1v) is 7.53. The lowest BCUT2D eigenvalue weighted by Crippen LogP contribution is -2.15. The summed E-state index contributed by atoms with van der Waals surface area (Å²) in [4.78, 5) is 20.4. The molecule has 0 spiro atoms. The first-order valence-electron chi connectivity index (χ1n) is 7.53. The number of nitrogens with one attached hydrogen (secondary N) is 2. The minimum atomic E-state index is -0.218. The number of ether oxygens (including phenoxy) is 2. The topological polar surface area (TPSA) is 102 Å². The molecule has 3 rings (SSSR count). The van der Waals surface area contributed by atoms with E-state index in [2.05, 4.69) is 25.5 Å². The van der Waals surface area contributed by atoms with Gasteiger partial charge in [-0.25, -0.2) is 5.10 Å². The van der Waals surface area contributed by atoms with Crippen LogP contribution in [0, 0.1) is 0 Å². The van der Waals surface area contributed by atoms with Crippen molar-refractivity contribution in [1.82, 2.24) is 20.2 Å². The third kappa shape index (κ3) is 3.92. The number of aromatic nitrogens is 4. The monoisotopic (exact) mass is 339 g/mol. The number of methoxy groups -OCH3 is 2. The zero-order chi connectivity index (χ0) is 17.6. The van der Waals surface area contributed by atoms with Gasteiger partial charge in [-0.2, -0.15) is 10.1 Å². The third-order valence-corrected chi connectivity index (χ3v) is 3.49. The van der Waals surface area contributed by atoms with E-state index in [1.54, 1.807) is 50.9 Å². The lowest BCUT2D eigenvalue weighted by molar-refractivity contribution is -0.115. The lowest BCUT2D eigenvalue weighted by atomic mass is 10.1. The molecule has 0 aliphatic carbocycles. The summed E-state index contributed by atoms with van der Waals surface area (Å²) in [6.45, 7) is 0. The van der Waals surface area contributed by atoms with Gasteiger partial charge in [-0.15, -0.1) is 0 Å². The molecule has 0 saturated carbocycles. The van der Waals surface area contributed by atoms with Gasteiger partial charge >= 0.3 is 0 Å². The number of benzene rings is 1. The number of carbonyl (C=O) groups excluding carboxylic acids is 1. The van der Waals surface area contributed by atoms with E-state index in [-0.39, 0.29) is 18.3 Å². The summed E-state index contributed by atoms with van der Waals surface area (Å²) in [7, 11) is 3.12. The number of amides is 1. The van der Waals surface area contributed by atoms with Gasteiger partial charge in [-0.3, -0.25) is 15.1 Å². The fraction of sp³-hybridized carbons (Fsp3) is 0.176. The number of carbonyl (C=O) groups is 1. The molecular weight excluding hydrogens is 322 g/mol. The Kier molecular flexibility index (Phi) is 4.89. The fourth-order valence-corrected chi connectivity index (χ4v) is 2.30. The van der Waals surface area contributed by atoms with Gasteiger partial charge < -0.3 is 9.47 Å². The Bertz CT molecular complexity index is 864. The van der Waals surface area contributed by atoms with Crippen molar-refractivity contribution in [2.75, 3.05) is 19.5 Å². The Morgan fingerprint density at radius 1 is 1.12 bits per heavy atom. The molecule has 2 heterocycles.